The van der Waals surface area contributed by atoms with Crippen LogP contribution in [-0.4, -0.2) is 202 Å². The summed E-state index contributed by atoms with van der Waals surface area (Å²) in [5.41, 5.74) is -1.32. The van der Waals surface area contributed by atoms with Crippen LogP contribution >= 0.6 is 0 Å². The highest BCUT2D eigenvalue weighted by atomic mass is 16.8. The van der Waals surface area contributed by atoms with Gasteiger partial charge in [-0.15, -0.1) is 0 Å². The van der Waals surface area contributed by atoms with Gasteiger partial charge in [0.15, 0.2) is 18.9 Å². The molecule has 6 fully saturated rings. The Morgan fingerprint density at radius 1 is 0.672 bits per heavy atom. The Morgan fingerprint density at radius 2 is 1.24 bits per heavy atom. The molecule has 3 heterocycles. The van der Waals surface area contributed by atoms with E-state index in [4.69, 9.17) is 28.4 Å². The van der Waals surface area contributed by atoms with E-state index in [2.05, 4.69) is 47.6 Å². The van der Waals surface area contributed by atoms with Gasteiger partial charge in [0, 0.05) is 10.8 Å². The van der Waals surface area contributed by atoms with Gasteiger partial charge in [-0.2, -0.15) is 0 Å². The maximum Gasteiger partial charge on any atom is 0.187 e. The van der Waals surface area contributed by atoms with Gasteiger partial charge >= 0.3 is 0 Å². The minimum atomic E-state index is -1.90. The molecule has 0 radical (unpaired) electrons. The summed E-state index contributed by atoms with van der Waals surface area (Å²) in [6.45, 7) is 14.4. The van der Waals surface area contributed by atoms with Crippen molar-refractivity contribution in [3.05, 3.63) is 11.6 Å². The summed E-state index contributed by atoms with van der Waals surface area (Å²) in [4.78, 5) is 0. The zero-order chi connectivity index (χ0) is 49.5. The predicted octanol–water partition coefficient (Wildman–Crippen LogP) is -1.06. The zero-order valence-electron chi connectivity index (χ0n) is 40.3. The maximum absolute atomic E-state index is 12.4. The van der Waals surface area contributed by atoms with Gasteiger partial charge in [0.2, 0.25) is 0 Å². The molecular formula is C48H82O19. The summed E-state index contributed by atoms with van der Waals surface area (Å²) >= 11 is 0. The number of hydrogen-bond acceptors (Lipinski definition) is 19. The fourth-order valence-electron chi connectivity index (χ4n) is 14.1. The van der Waals surface area contributed by atoms with Crippen LogP contribution in [-0.2, 0) is 28.4 Å². The van der Waals surface area contributed by atoms with Crippen LogP contribution in [0.25, 0.3) is 0 Å². The lowest BCUT2D eigenvalue weighted by Gasteiger charge is -2.67. The first-order valence-corrected chi connectivity index (χ1v) is 24.5. The second-order valence-electron chi connectivity index (χ2n) is 23.1. The fourth-order valence-corrected chi connectivity index (χ4v) is 14.1. The molecule has 19 heteroatoms. The molecule has 3 aliphatic heterocycles. The number of aliphatic hydroxyl groups excluding tert-OH is 12. The zero-order valence-corrected chi connectivity index (χ0v) is 40.3. The minimum Gasteiger partial charge on any atom is -0.394 e. The lowest BCUT2D eigenvalue weighted by atomic mass is 9.38. The molecule has 7 aliphatic rings. The second kappa shape index (κ2) is 19.8. The van der Waals surface area contributed by atoms with Crippen molar-refractivity contribution in [1.29, 1.82) is 0 Å². The standard InChI is InChI=1S/C48H82O19/c1-21(22-15-16-46(6)28-12-10-23-24(11-13-29(51)44(23,2)3)48(28,8)30(52)17-47(22,46)7)9-14-31(45(4,5)61)66-43-40(67-42-39(60)36(57)33(54)26(19-50)64-42)37(58)34(55)27(65-43)20-62-41-38(59)35(56)32(53)25(18-49)63-41/h10,21-22,24-43,49-61H,9,11-20H2,1-8H3/t21-,22-,24-,25-,26-,27-,28-,29+,30-,31-,32-,33-,34-,35+,36+,37+,38-,39-,40-,41-,42+,43+,46+,47-,48+/m1/s1. The fraction of sp³-hybridized carbons (Fsp3) is 0.958. The SMILES string of the molecule is C[C@H](CC[C@@H](O[C@@H]1O[C@H](CO[C@@H]2O[C@H](CO)[C@@H](O)[C@H](O)[C@H]2O)[C@@H](O)[C@H](O)[C@H]1O[C@@H]1O[C@H](CO)[C@@H](O)[C@H](O)[C@H]1O)C(C)(C)O)[C@H]1CC[C@@]2(C)[C@H]3CC=C4[C@@H](CC[C@H](O)C4(C)C)[C@]3(C)[C@H](O)C[C@]12C. The van der Waals surface area contributed by atoms with Gasteiger partial charge in [-0.1, -0.05) is 53.2 Å². The number of aliphatic hydroxyl groups is 13. The van der Waals surface area contributed by atoms with Crippen molar-refractivity contribution in [2.75, 3.05) is 19.8 Å². The number of allylic oxidation sites excluding steroid dienone is 1. The number of ether oxygens (including phenoxy) is 6. The third kappa shape index (κ3) is 9.24. The topological polar surface area (TPSA) is 318 Å². The smallest absolute Gasteiger partial charge is 0.187 e. The third-order valence-electron chi connectivity index (χ3n) is 18.7. The van der Waals surface area contributed by atoms with E-state index in [-0.39, 0.29) is 51.8 Å². The first-order valence-electron chi connectivity index (χ1n) is 24.5. The molecule has 0 amide bonds. The lowest BCUT2D eigenvalue weighted by Crippen LogP contribution is -2.65. The monoisotopic (exact) mass is 963 g/mol. The van der Waals surface area contributed by atoms with Crippen LogP contribution in [0.4, 0.5) is 0 Å². The Morgan fingerprint density at radius 3 is 1.84 bits per heavy atom. The average Bonchev–Trinajstić information content (AvgIpc) is 3.54. The molecule has 3 saturated heterocycles. The molecule has 4 aliphatic carbocycles. The number of hydrogen-bond donors (Lipinski definition) is 13. The summed E-state index contributed by atoms with van der Waals surface area (Å²) in [6.07, 6.45) is -19.2. The van der Waals surface area contributed by atoms with Crippen LogP contribution < -0.4 is 0 Å². The first kappa shape index (κ1) is 53.8. The Balaban J connectivity index is 1.10. The average molecular weight is 963 g/mol. The highest BCUT2D eigenvalue weighted by Gasteiger charge is 2.70. The highest BCUT2D eigenvalue weighted by Crippen LogP contribution is 2.75. The van der Waals surface area contributed by atoms with Gasteiger partial charge in [0.1, 0.15) is 73.2 Å². The molecule has 0 aromatic heterocycles. The van der Waals surface area contributed by atoms with E-state index in [1.807, 2.05) is 0 Å². The molecule has 25 atom stereocenters. The van der Waals surface area contributed by atoms with Crippen molar-refractivity contribution in [1.82, 2.24) is 0 Å². The Labute approximate surface area is 393 Å². The van der Waals surface area contributed by atoms with Crippen LogP contribution in [0.1, 0.15) is 107 Å². The van der Waals surface area contributed by atoms with Gasteiger partial charge in [0.25, 0.3) is 0 Å². The molecule has 0 unspecified atom stereocenters. The molecule has 0 spiro atoms. The molecule has 0 bridgehead atoms. The third-order valence-corrected chi connectivity index (χ3v) is 18.7. The van der Waals surface area contributed by atoms with E-state index in [0.29, 0.717) is 19.3 Å². The first-order chi connectivity index (χ1) is 31.2. The number of rotatable bonds is 14. The molecule has 13 N–H and O–H groups in total. The quantitative estimate of drug-likeness (QED) is 0.0924. The molecule has 0 aromatic rings. The van der Waals surface area contributed by atoms with Crippen molar-refractivity contribution in [3.8, 4) is 0 Å². The minimum absolute atomic E-state index is 0.0795. The summed E-state index contributed by atoms with van der Waals surface area (Å²) in [5, 5.41) is 141. The van der Waals surface area contributed by atoms with Crippen LogP contribution in [0.15, 0.2) is 11.6 Å². The van der Waals surface area contributed by atoms with Gasteiger partial charge in [-0.05, 0) is 99.7 Å². The summed E-state index contributed by atoms with van der Waals surface area (Å²) < 4.78 is 35.5. The lowest BCUT2D eigenvalue weighted by molar-refractivity contribution is -0.380. The Kier molecular flexibility index (Phi) is 15.9. The second-order valence-corrected chi connectivity index (χ2v) is 23.1. The van der Waals surface area contributed by atoms with Crippen LogP contribution in [0, 0.1) is 45.3 Å². The van der Waals surface area contributed by atoms with Gasteiger partial charge in [-0.25, -0.2) is 0 Å². The van der Waals surface area contributed by atoms with E-state index < -0.39 is 136 Å². The van der Waals surface area contributed by atoms with Crippen molar-refractivity contribution >= 4 is 0 Å². The highest BCUT2D eigenvalue weighted by molar-refractivity contribution is 5.31. The normalized spacial score (nSPS) is 51.0. The van der Waals surface area contributed by atoms with Crippen LogP contribution in [0.5, 0.6) is 0 Å². The largest absolute Gasteiger partial charge is 0.394 e. The van der Waals surface area contributed by atoms with Crippen LogP contribution in [0.2, 0.25) is 0 Å². The van der Waals surface area contributed by atoms with Crippen LogP contribution in [0.3, 0.4) is 0 Å². The predicted molar refractivity (Wildman–Crippen MR) is 235 cm³/mol. The Hall–Kier alpha value is -1.02. The summed E-state index contributed by atoms with van der Waals surface area (Å²) in [6, 6.07) is 0. The molecule has 19 nitrogen and oxygen atoms in total. The molecule has 388 valence electrons. The molecule has 0 aromatic carbocycles. The van der Waals surface area contributed by atoms with Crippen molar-refractivity contribution in [3.63, 3.8) is 0 Å². The van der Waals surface area contributed by atoms with Crippen molar-refractivity contribution in [2.24, 2.45) is 45.3 Å². The van der Waals surface area contributed by atoms with E-state index >= 15 is 0 Å². The van der Waals surface area contributed by atoms with E-state index in [0.717, 1.165) is 25.7 Å². The molecule has 67 heavy (non-hydrogen) atoms. The Bertz CT molecular complexity index is 1710. The number of fused-ring (bicyclic) bond motifs is 5. The van der Waals surface area contributed by atoms with Gasteiger partial charge in [-0.3, -0.25) is 0 Å². The van der Waals surface area contributed by atoms with Crippen molar-refractivity contribution in [2.45, 2.75) is 223 Å². The van der Waals surface area contributed by atoms with E-state index in [1.54, 1.807) is 13.8 Å². The summed E-state index contributed by atoms with van der Waals surface area (Å²) in [5.74, 6) is 0.678. The maximum atomic E-state index is 12.4. The van der Waals surface area contributed by atoms with Gasteiger partial charge < -0.3 is 94.8 Å². The molecule has 7 rings (SSSR count). The van der Waals surface area contributed by atoms with E-state index in [1.165, 1.54) is 5.57 Å². The molecule has 3 saturated carbocycles. The van der Waals surface area contributed by atoms with Gasteiger partial charge in [0.05, 0.1) is 43.7 Å². The van der Waals surface area contributed by atoms with E-state index in [9.17, 15) is 66.4 Å². The summed E-state index contributed by atoms with van der Waals surface area (Å²) in [7, 11) is 0. The van der Waals surface area contributed by atoms with Crippen molar-refractivity contribution < 1.29 is 94.8 Å². The molecular weight excluding hydrogens is 881 g/mol.